The number of methoxy groups -OCH3 is 1. The van der Waals surface area contributed by atoms with Crippen molar-refractivity contribution >= 4 is 18.2 Å². The summed E-state index contributed by atoms with van der Waals surface area (Å²) in [5, 5.41) is 3.96. The van der Waals surface area contributed by atoms with Gasteiger partial charge in [0.1, 0.15) is 30.5 Å². The molecule has 0 bridgehead atoms. The van der Waals surface area contributed by atoms with Gasteiger partial charge in [0.05, 0.1) is 12.7 Å². The van der Waals surface area contributed by atoms with Gasteiger partial charge in [-0.1, -0.05) is 48.5 Å². The molecule has 0 unspecified atom stereocenters. The number of nitrogens with zero attached hydrogens (tertiary/aromatic N) is 1. The number of allylic oxidation sites excluding steroid dienone is 1. The normalized spacial score (nSPS) is 10.9. The van der Waals surface area contributed by atoms with Gasteiger partial charge in [0, 0.05) is 11.8 Å². The summed E-state index contributed by atoms with van der Waals surface area (Å²) < 4.78 is 16.6. The van der Waals surface area contributed by atoms with Gasteiger partial charge in [-0.3, -0.25) is 4.79 Å². The van der Waals surface area contributed by atoms with Crippen molar-refractivity contribution in [1.82, 2.24) is 5.43 Å². The molecule has 6 nitrogen and oxygen atoms in total. The number of carbonyl (C=O) groups is 1. The molecule has 31 heavy (non-hydrogen) atoms. The van der Waals surface area contributed by atoms with Crippen LogP contribution in [0.25, 0.3) is 6.08 Å². The van der Waals surface area contributed by atoms with Crippen molar-refractivity contribution in [1.29, 1.82) is 0 Å². The maximum Gasteiger partial charge on any atom is 0.275 e. The fourth-order valence-electron chi connectivity index (χ4n) is 2.76. The minimum absolute atomic E-state index is 0.310. The maximum absolute atomic E-state index is 12.5. The Labute approximate surface area is 181 Å². The van der Waals surface area contributed by atoms with Crippen LogP contribution < -0.4 is 19.6 Å². The van der Waals surface area contributed by atoms with Crippen LogP contribution in [0.15, 0.2) is 90.0 Å². The lowest BCUT2D eigenvalue weighted by Gasteiger charge is -2.11. The van der Waals surface area contributed by atoms with Gasteiger partial charge in [-0.05, 0) is 42.5 Å². The van der Waals surface area contributed by atoms with Gasteiger partial charge in [0.2, 0.25) is 0 Å². The Balaban J connectivity index is 1.51. The highest BCUT2D eigenvalue weighted by Crippen LogP contribution is 2.19. The summed E-state index contributed by atoms with van der Waals surface area (Å²) in [5.74, 6) is 1.64. The molecule has 0 saturated carbocycles. The number of hydrogen-bond acceptors (Lipinski definition) is 5. The molecule has 0 radical (unpaired) electrons. The van der Waals surface area contributed by atoms with Gasteiger partial charge in [0.25, 0.3) is 5.91 Å². The molecule has 0 saturated heterocycles. The lowest BCUT2D eigenvalue weighted by atomic mass is 10.2. The molecule has 0 fully saturated rings. The first-order valence-electron chi connectivity index (χ1n) is 9.80. The minimum atomic E-state index is -0.360. The van der Waals surface area contributed by atoms with Crippen LogP contribution in [-0.2, 0) is 0 Å². The fraction of sp³-hybridized carbons (Fsp3) is 0.120. The van der Waals surface area contributed by atoms with Crippen molar-refractivity contribution in [3.05, 3.63) is 96.1 Å². The minimum Gasteiger partial charge on any atom is -0.496 e. The number of benzene rings is 3. The van der Waals surface area contributed by atoms with Crippen LogP contribution in [-0.4, -0.2) is 32.4 Å². The van der Waals surface area contributed by atoms with E-state index in [0.717, 1.165) is 17.1 Å². The Morgan fingerprint density at radius 2 is 1.55 bits per heavy atom. The third-order valence-electron chi connectivity index (χ3n) is 4.23. The van der Waals surface area contributed by atoms with E-state index in [1.165, 1.54) is 6.21 Å². The first-order valence-corrected chi connectivity index (χ1v) is 9.80. The molecule has 6 heteroatoms. The van der Waals surface area contributed by atoms with Crippen LogP contribution in [0.2, 0.25) is 0 Å². The largest absolute Gasteiger partial charge is 0.496 e. The van der Waals surface area contributed by atoms with Crippen molar-refractivity contribution in [2.75, 3.05) is 20.3 Å². The second kappa shape index (κ2) is 11.8. The fourth-order valence-corrected chi connectivity index (χ4v) is 2.76. The first kappa shape index (κ1) is 21.6. The Kier molecular flexibility index (Phi) is 8.26. The standard InChI is InChI=1S/C25H24N2O4/c1-29-23-15-7-5-10-20(23)11-9-17-26-27-25(28)22-14-6-8-16-24(22)31-19-18-30-21-12-3-2-4-13-21/h2-17H,18-19H2,1H3,(H,27,28). The average Bonchev–Trinajstić information content (AvgIpc) is 2.82. The predicted octanol–water partition coefficient (Wildman–Crippen LogP) is 4.58. The van der Waals surface area contributed by atoms with Crippen LogP contribution in [0.4, 0.5) is 0 Å². The highest BCUT2D eigenvalue weighted by atomic mass is 16.5. The molecule has 0 atom stereocenters. The molecular formula is C25H24N2O4. The Bertz CT molecular complexity index is 1030. The van der Waals surface area contributed by atoms with E-state index < -0.39 is 0 Å². The summed E-state index contributed by atoms with van der Waals surface area (Å²) in [6.07, 6.45) is 5.07. The summed E-state index contributed by atoms with van der Waals surface area (Å²) >= 11 is 0. The number of para-hydroxylation sites is 3. The molecule has 0 spiro atoms. The lowest BCUT2D eigenvalue weighted by Crippen LogP contribution is -2.19. The van der Waals surface area contributed by atoms with Crippen molar-refractivity contribution < 1.29 is 19.0 Å². The van der Waals surface area contributed by atoms with Crippen molar-refractivity contribution in [3.63, 3.8) is 0 Å². The van der Waals surface area contributed by atoms with E-state index in [9.17, 15) is 4.79 Å². The molecule has 0 aliphatic carbocycles. The van der Waals surface area contributed by atoms with Crippen molar-refractivity contribution in [2.45, 2.75) is 0 Å². The number of nitrogens with one attached hydrogen (secondary N) is 1. The third-order valence-corrected chi connectivity index (χ3v) is 4.23. The zero-order chi connectivity index (χ0) is 21.7. The van der Waals surface area contributed by atoms with E-state index in [0.29, 0.717) is 24.5 Å². The van der Waals surface area contributed by atoms with E-state index >= 15 is 0 Å². The average molecular weight is 416 g/mol. The summed E-state index contributed by atoms with van der Waals surface area (Å²) in [5.41, 5.74) is 3.82. The van der Waals surface area contributed by atoms with Gasteiger partial charge in [-0.25, -0.2) is 5.43 Å². The van der Waals surface area contributed by atoms with Crippen LogP contribution in [0.1, 0.15) is 15.9 Å². The van der Waals surface area contributed by atoms with Crippen LogP contribution >= 0.6 is 0 Å². The maximum atomic E-state index is 12.5. The molecule has 0 heterocycles. The molecule has 0 aliphatic heterocycles. The zero-order valence-corrected chi connectivity index (χ0v) is 17.2. The SMILES string of the molecule is COc1ccccc1C=CC=NNC(=O)c1ccccc1OCCOc1ccccc1. The molecule has 0 aromatic heterocycles. The number of hydrazone groups is 1. The van der Waals surface area contributed by atoms with Crippen molar-refractivity contribution in [2.24, 2.45) is 5.10 Å². The Morgan fingerprint density at radius 1 is 0.871 bits per heavy atom. The Morgan fingerprint density at radius 3 is 2.35 bits per heavy atom. The number of carbonyl (C=O) groups excluding carboxylic acids is 1. The number of ether oxygens (including phenoxy) is 3. The smallest absolute Gasteiger partial charge is 0.275 e. The topological polar surface area (TPSA) is 69.2 Å². The third kappa shape index (κ3) is 6.75. The summed E-state index contributed by atoms with van der Waals surface area (Å²) in [7, 11) is 1.62. The monoisotopic (exact) mass is 416 g/mol. The lowest BCUT2D eigenvalue weighted by molar-refractivity contribution is 0.0950. The van der Waals surface area contributed by atoms with E-state index in [1.54, 1.807) is 31.4 Å². The van der Waals surface area contributed by atoms with Gasteiger partial charge in [-0.2, -0.15) is 5.10 Å². The quantitative estimate of drug-likeness (QED) is 0.298. The molecule has 3 rings (SSSR count). The van der Waals surface area contributed by atoms with Gasteiger partial charge in [0.15, 0.2) is 0 Å². The molecule has 1 N–H and O–H groups in total. The predicted molar refractivity (Wildman–Crippen MR) is 122 cm³/mol. The highest BCUT2D eigenvalue weighted by molar-refractivity contribution is 5.97. The van der Waals surface area contributed by atoms with Crippen molar-refractivity contribution in [3.8, 4) is 17.2 Å². The summed E-state index contributed by atoms with van der Waals surface area (Å²) in [6.45, 7) is 0.677. The van der Waals surface area contributed by atoms with Gasteiger partial charge in [-0.15, -0.1) is 0 Å². The first-order chi connectivity index (χ1) is 15.3. The second-order valence-corrected chi connectivity index (χ2v) is 6.33. The van der Waals surface area contributed by atoms with E-state index in [1.807, 2.05) is 66.7 Å². The molecule has 0 aliphatic rings. The van der Waals surface area contributed by atoms with E-state index in [4.69, 9.17) is 14.2 Å². The summed E-state index contributed by atoms with van der Waals surface area (Å²) in [4.78, 5) is 12.5. The highest BCUT2D eigenvalue weighted by Gasteiger charge is 2.11. The van der Waals surface area contributed by atoms with Crippen LogP contribution in [0.3, 0.4) is 0 Å². The zero-order valence-electron chi connectivity index (χ0n) is 17.2. The van der Waals surface area contributed by atoms with E-state index in [2.05, 4.69) is 10.5 Å². The van der Waals surface area contributed by atoms with Gasteiger partial charge >= 0.3 is 0 Å². The second-order valence-electron chi connectivity index (χ2n) is 6.33. The number of amides is 1. The molecular weight excluding hydrogens is 392 g/mol. The number of hydrogen-bond donors (Lipinski definition) is 1. The Hall–Kier alpha value is -4.06. The number of rotatable bonds is 10. The molecule has 1 amide bonds. The van der Waals surface area contributed by atoms with Crippen LogP contribution in [0, 0.1) is 0 Å². The summed E-state index contributed by atoms with van der Waals surface area (Å²) in [6, 6.07) is 24.1. The molecule has 3 aromatic rings. The molecule has 3 aromatic carbocycles. The van der Waals surface area contributed by atoms with Crippen LogP contribution in [0.5, 0.6) is 17.2 Å². The van der Waals surface area contributed by atoms with Gasteiger partial charge < -0.3 is 14.2 Å². The molecule has 158 valence electrons. The van der Waals surface area contributed by atoms with E-state index in [-0.39, 0.29) is 5.91 Å².